The number of carbonyl (C=O) groups excluding carboxylic acids is 3. The molecule has 2 amide bonds. The summed E-state index contributed by atoms with van der Waals surface area (Å²) in [5.74, 6) is 1.91. The van der Waals surface area contributed by atoms with Crippen LogP contribution in [0.1, 0.15) is 50.3 Å². The minimum absolute atomic E-state index is 0.0869. The van der Waals surface area contributed by atoms with E-state index in [1.807, 2.05) is 66.7 Å². The van der Waals surface area contributed by atoms with Gasteiger partial charge in [0.05, 0.1) is 12.6 Å². The van der Waals surface area contributed by atoms with E-state index < -0.39 is 35.8 Å². The number of ether oxygens (including phenoxy) is 3. The molecule has 0 heterocycles. The van der Waals surface area contributed by atoms with Crippen LogP contribution in [-0.4, -0.2) is 54.0 Å². The number of alkyl carbamates (subject to hydrolysis) is 1. The summed E-state index contributed by atoms with van der Waals surface area (Å²) < 4.78 is 16.6. The molecule has 0 aromatic heterocycles. The zero-order chi connectivity index (χ0) is 30.3. The molecule has 42 heavy (non-hydrogen) atoms. The van der Waals surface area contributed by atoms with Crippen molar-refractivity contribution in [1.82, 2.24) is 10.2 Å². The number of amides is 2. The third-order valence-electron chi connectivity index (χ3n) is 6.82. The molecule has 3 aromatic carbocycles. The minimum Gasteiger partial charge on any atom is -0.464 e. The van der Waals surface area contributed by atoms with Crippen molar-refractivity contribution in [3.63, 3.8) is 0 Å². The maximum Gasteiger partial charge on any atom is 0.411 e. The van der Waals surface area contributed by atoms with E-state index in [0.717, 1.165) is 27.8 Å². The number of benzene rings is 3. The number of esters is 1. The molecule has 0 aliphatic heterocycles. The van der Waals surface area contributed by atoms with Gasteiger partial charge in [-0.3, -0.25) is 9.69 Å². The zero-order valence-corrected chi connectivity index (χ0v) is 24.3. The van der Waals surface area contributed by atoms with Gasteiger partial charge in [-0.2, -0.15) is 0 Å². The van der Waals surface area contributed by atoms with Crippen LogP contribution in [0.4, 0.5) is 9.59 Å². The molecule has 8 heteroatoms. The molecular formula is C34H36N2O6. The van der Waals surface area contributed by atoms with Gasteiger partial charge in [-0.25, -0.2) is 9.59 Å². The van der Waals surface area contributed by atoms with Crippen molar-refractivity contribution in [2.24, 2.45) is 0 Å². The molecule has 0 saturated heterocycles. The molecule has 2 atom stereocenters. The first-order valence-corrected chi connectivity index (χ1v) is 13.8. The molecule has 1 aliphatic carbocycles. The molecule has 1 aliphatic rings. The van der Waals surface area contributed by atoms with Crippen LogP contribution in [0.3, 0.4) is 0 Å². The van der Waals surface area contributed by atoms with E-state index >= 15 is 0 Å². The number of terminal acetylenes is 1. The minimum atomic E-state index is -1.03. The lowest BCUT2D eigenvalue weighted by molar-refractivity contribution is -0.142. The van der Waals surface area contributed by atoms with Crippen LogP contribution in [0, 0.1) is 12.3 Å². The fourth-order valence-corrected chi connectivity index (χ4v) is 5.03. The summed E-state index contributed by atoms with van der Waals surface area (Å²) in [7, 11) is 0. The van der Waals surface area contributed by atoms with E-state index in [-0.39, 0.29) is 25.7 Å². The van der Waals surface area contributed by atoms with Crippen LogP contribution in [0.2, 0.25) is 0 Å². The first kappa shape index (κ1) is 30.2. The lowest BCUT2D eigenvalue weighted by Gasteiger charge is -2.34. The topological polar surface area (TPSA) is 94.2 Å². The number of rotatable bonds is 9. The van der Waals surface area contributed by atoms with Crippen molar-refractivity contribution in [1.29, 1.82) is 0 Å². The number of carbonyl (C=O) groups is 3. The molecule has 0 fully saturated rings. The number of nitrogens with one attached hydrogen (secondary N) is 1. The molecule has 3 aromatic rings. The van der Waals surface area contributed by atoms with Crippen LogP contribution >= 0.6 is 0 Å². The Morgan fingerprint density at radius 3 is 2.02 bits per heavy atom. The third-order valence-corrected chi connectivity index (χ3v) is 6.82. The smallest absolute Gasteiger partial charge is 0.411 e. The van der Waals surface area contributed by atoms with Crippen LogP contribution in [0.5, 0.6) is 0 Å². The molecule has 0 saturated carbocycles. The van der Waals surface area contributed by atoms with Crippen LogP contribution in [0.15, 0.2) is 78.9 Å². The maximum atomic E-state index is 13.8. The van der Waals surface area contributed by atoms with E-state index in [1.165, 1.54) is 11.8 Å². The van der Waals surface area contributed by atoms with Gasteiger partial charge in [0.25, 0.3) is 0 Å². The van der Waals surface area contributed by atoms with Gasteiger partial charge in [0, 0.05) is 12.8 Å². The monoisotopic (exact) mass is 568 g/mol. The molecule has 8 nitrogen and oxygen atoms in total. The summed E-state index contributed by atoms with van der Waals surface area (Å²) in [6.07, 6.45) is 4.57. The Hall–Kier alpha value is -4.77. The van der Waals surface area contributed by atoms with Gasteiger partial charge in [-0.05, 0) is 48.6 Å². The van der Waals surface area contributed by atoms with Gasteiger partial charge in [-0.15, -0.1) is 6.42 Å². The van der Waals surface area contributed by atoms with Gasteiger partial charge >= 0.3 is 18.2 Å². The van der Waals surface area contributed by atoms with Crippen molar-refractivity contribution in [2.75, 3.05) is 13.2 Å². The van der Waals surface area contributed by atoms with Crippen molar-refractivity contribution < 1.29 is 28.6 Å². The fraction of sp³-hybridized carbons (Fsp3) is 0.324. The van der Waals surface area contributed by atoms with Gasteiger partial charge < -0.3 is 19.5 Å². The van der Waals surface area contributed by atoms with Crippen molar-refractivity contribution in [2.45, 2.75) is 57.8 Å². The highest BCUT2D eigenvalue weighted by molar-refractivity contribution is 5.79. The standard InChI is InChI=1S/C34H36N2O6/c1-6-31(30(22-40-23(2)37)35-32(38)42-34(3,4)5)36(20-24-14-8-7-9-15-24)33(39)41-21-29-27-18-12-10-16-25(27)26-17-11-13-19-28(26)29/h1,7-19,29-31H,20-22H2,2-5H3,(H,35,38)/t30-,31-/m0/s1. The number of fused-ring (bicyclic) bond motifs is 3. The molecule has 0 radical (unpaired) electrons. The Kier molecular flexibility index (Phi) is 9.53. The summed E-state index contributed by atoms with van der Waals surface area (Å²) in [6.45, 7) is 6.34. The van der Waals surface area contributed by atoms with Gasteiger partial charge in [0.2, 0.25) is 0 Å². The SMILES string of the molecule is C#C[C@@H]([C@H](COC(C)=O)NC(=O)OC(C)(C)C)N(Cc1ccccc1)C(=O)OCC1c2ccccc2-c2ccccc21. The number of nitrogens with zero attached hydrogens (tertiary/aromatic N) is 1. The van der Waals surface area contributed by atoms with Gasteiger partial charge in [-0.1, -0.05) is 84.8 Å². The summed E-state index contributed by atoms with van der Waals surface area (Å²) >= 11 is 0. The van der Waals surface area contributed by atoms with Crippen LogP contribution < -0.4 is 5.32 Å². The predicted molar refractivity (Wildman–Crippen MR) is 159 cm³/mol. The Bertz CT molecular complexity index is 1410. The highest BCUT2D eigenvalue weighted by atomic mass is 16.6. The normalized spacial score (nSPS) is 13.5. The second-order valence-electron chi connectivity index (χ2n) is 11.1. The summed E-state index contributed by atoms with van der Waals surface area (Å²) in [4.78, 5) is 39.6. The van der Waals surface area contributed by atoms with Gasteiger partial charge in [0.15, 0.2) is 0 Å². The lowest BCUT2D eigenvalue weighted by Crippen LogP contribution is -2.55. The van der Waals surface area contributed by atoms with Crippen LogP contribution in [-0.2, 0) is 25.5 Å². The Labute approximate surface area is 247 Å². The highest BCUT2D eigenvalue weighted by Gasteiger charge is 2.35. The zero-order valence-electron chi connectivity index (χ0n) is 24.3. The summed E-state index contributed by atoms with van der Waals surface area (Å²) in [6, 6.07) is 23.4. The van der Waals surface area contributed by atoms with Crippen molar-refractivity contribution in [3.05, 3.63) is 95.6 Å². The largest absolute Gasteiger partial charge is 0.464 e. The maximum absolute atomic E-state index is 13.8. The first-order chi connectivity index (χ1) is 20.1. The highest BCUT2D eigenvalue weighted by Crippen LogP contribution is 2.44. The fourth-order valence-electron chi connectivity index (χ4n) is 5.03. The molecule has 0 spiro atoms. The Balaban J connectivity index is 1.61. The van der Waals surface area contributed by atoms with E-state index in [2.05, 4.69) is 23.4 Å². The lowest BCUT2D eigenvalue weighted by atomic mass is 9.98. The number of hydrogen-bond acceptors (Lipinski definition) is 6. The average Bonchev–Trinajstić information content (AvgIpc) is 3.27. The van der Waals surface area contributed by atoms with E-state index in [4.69, 9.17) is 20.6 Å². The quantitative estimate of drug-likeness (QED) is 0.196. The molecular weight excluding hydrogens is 532 g/mol. The second-order valence-corrected chi connectivity index (χ2v) is 11.1. The van der Waals surface area contributed by atoms with E-state index in [1.54, 1.807) is 20.8 Å². The van der Waals surface area contributed by atoms with Gasteiger partial charge in [0.1, 0.15) is 24.9 Å². The predicted octanol–water partition coefficient (Wildman–Crippen LogP) is 5.90. The third kappa shape index (κ3) is 7.49. The Morgan fingerprint density at radius 2 is 1.48 bits per heavy atom. The van der Waals surface area contributed by atoms with E-state index in [0.29, 0.717) is 0 Å². The first-order valence-electron chi connectivity index (χ1n) is 13.8. The van der Waals surface area contributed by atoms with Crippen molar-refractivity contribution in [3.8, 4) is 23.5 Å². The average molecular weight is 569 g/mol. The van der Waals surface area contributed by atoms with Crippen molar-refractivity contribution >= 4 is 18.2 Å². The molecule has 0 unspecified atom stereocenters. The molecule has 0 bridgehead atoms. The van der Waals surface area contributed by atoms with E-state index in [9.17, 15) is 14.4 Å². The Morgan fingerprint density at radius 1 is 0.905 bits per heavy atom. The van der Waals surface area contributed by atoms with Crippen LogP contribution in [0.25, 0.3) is 11.1 Å². The summed E-state index contributed by atoms with van der Waals surface area (Å²) in [5, 5.41) is 2.69. The summed E-state index contributed by atoms with van der Waals surface area (Å²) in [5.41, 5.74) is 4.40. The molecule has 4 rings (SSSR count). The molecule has 218 valence electrons. The molecule has 1 N–H and O–H groups in total. The second kappa shape index (κ2) is 13.3. The number of hydrogen-bond donors (Lipinski definition) is 1.